The Hall–Kier alpha value is -2.10. The van der Waals surface area contributed by atoms with Gasteiger partial charge in [-0.25, -0.2) is 4.98 Å². The summed E-state index contributed by atoms with van der Waals surface area (Å²) in [6.07, 6.45) is 2.76. The van der Waals surface area contributed by atoms with Crippen LogP contribution in [0.4, 0.5) is 0 Å². The summed E-state index contributed by atoms with van der Waals surface area (Å²) in [4.78, 5) is 19.2. The molecule has 0 fully saturated rings. The maximum Gasteiger partial charge on any atom is 0.259 e. The van der Waals surface area contributed by atoms with Gasteiger partial charge < -0.3 is 4.98 Å². The van der Waals surface area contributed by atoms with Crippen molar-refractivity contribution >= 4 is 45.2 Å². The number of hydrogen-bond donors (Lipinski definition) is 1. The first-order valence-electron chi connectivity index (χ1n) is 7.23. The molecule has 3 aromatic rings. The molecule has 5 heteroatoms. The van der Waals surface area contributed by atoms with Crippen molar-refractivity contribution in [3.8, 4) is 0 Å². The molecule has 116 valence electrons. The molecule has 23 heavy (non-hydrogen) atoms. The Kier molecular flexibility index (Phi) is 4.51. The van der Waals surface area contributed by atoms with Gasteiger partial charge in [0.25, 0.3) is 5.56 Å². The maximum atomic E-state index is 12.1. The quantitative estimate of drug-likeness (QED) is 0.736. The van der Waals surface area contributed by atoms with Crippen molar-refractivity contribution in [2.45, 2.75) is 13.3 Å². The number of aromatic nitrogens is 2. The van der Waals surface area contributed by atoms with Gasteiger partial charge in [0.1, 0.15) is 0 Å². The van der Waals surface area contributed by atoms with Gasteiger partial charge in [0.2, 0.25) is 0 Å². The number of halogens is 2. The van der Waals surface area contributed by atoms with Crippen LogP contribution in [0, 0.1) is 0 Å². The van der Waals surface area contributed by atoms with Gasteiger partial charge in [-0.05, 0) is 41.8 Å². The lowest BCUT2D eigenvalue weighted by molar-refractivity contribution is 1.13. The van der Waals surface area contributed by atoms with Crippen molar-refractivity contribution in [2.24, 2.45) is 0 Å². The molecule has 0 aliphatic carbocycles. The number of nitrogens with zero attached hydrogens (tertiary/aromatic N) is 1. The highest BCUT2D eigenvalue weighted by molar-refractivity contribution is 6.50. The van der Waals surface area contributed by atoms with Gasteiger partial charge >= 0.3 is 0 Å². The molecule has 0 amide bonds. The van der Waals surface area contributed by atoms with Crippen LogP contribution in [0.25, 0.3) is 22.0 Å². The van der Waals surface area contributed by atoms with Crippen LogP contribution in [0.5, 0.6) is 0 Å². The second-order valence-corrected chi connectivity index (χ2v) is 6.01. The zero-order valence-electron chi connectivity index (χ0n) is 12.4. The minimum Gasteiger partial charge on any atom is -0.305 e. The van der Waals surface area contributed by atoms with Crippen molar-refractivity contribution in [2.75, 3.05) is 0 Å². The van der Waals surface area contributed by atoms with Crippen LogP contribution in [0.1, 0.15) is 23.9 Å². The number of fused-ring (bicyclic) bond motifs is 1. The van der Waals surface area contributed by atoms with E-state index >= 15 is 0 Å². The van der Waals surface area contributed by atoms with Gasteiger partial charge in [-0.1, -0.05) is 54.4 Å². The molecular formula is C18H14Cl2N2O. The predicted molar refractivity (Wildman–Crippen MR) is 96.9 cm³/mol. The van der Waals surface area contributed by atoms with Gasteiger partial charge in [0, 0.05) is 5.02 Å². The third kappa shape index (κ3) is 3.46. The number of benzene rings is 2. The van der Waals surface area contributed by atoms with Crippen molar-refractivity contribution in [3.05, 3.63) is 74.8 Å². The molecule has 0 aliphatic heterocycles. The van der Waals surface area contributed by atoms with E-state index in [1.165, 1.54) is 5.56 Å². The molecule has 0 atom stereocenters. The van der Waals surface area contributed by atoms with Crippen LogP contribution in [0.3, 0.4) is 0 Å². The number of rotatable bonds is 3. The van der Waals surface area contributed by atoms with Crippen LogP contribution >= 0.6 is 23.2 Å². The average Bonchev–Trinajstić information content (AvgIpc) is 2.55. The summed E-state index contributed by atoms with van der Waals surface area (Å²) in [5.41, 5.74) is 2.48. The van der Waals surface area contributed by atoms with E-state index in [9.17, 15) is 4.79 Å². The molecule has 0 saturated carbocycles. The monoisotopic (exact) mass is 344 g/mol. The Morgan fingerprint density at radius 3 is 2.65 bits per heavy atom. The van der Waals surface area contributed by atoms with Crippen LogP contribution in [-0.2, 0) is 6.42 Å². The molecule has 3 nitrogen and oxygen atoms in total. The second-order valence-electron chi connectivity index (χ2n) is 5.16. The summed E-state index contributed by atoms with van der Waals surface area (Å²) in [7, 11) is 0. The van der Waals surface area contributed by atoms with E-state index in [0.717, 1.165) is 12.0 Å². The molecule has 0 unspecified atom stereocenters. The molecule has 0 radical (unpaired) electrons. The number of hydrogen-bond acceptors (Lipinski definition) is 2. The SMILES string of the molecule is CCc1ccc(C=C(Cl)c2nc3cc(Cl)ccc3c(=O)[nH]2)cc1. The van der Waals surface area contributed by atoms with Crippen LogP contribution in [-0.4, -0.2) is 9.97 Å². The predicted octanol–water partition coefficient (Wildman–Crippen LogP) is 4.88. The number of nitrogens with one attached hydrogen (secondary N) is 1. The van der Waals surface area contributed by atoms with Gasteiger partial charge in [-0.15, -0.1) is 0 Å². The largest absolute Gasteiger partial charge is 0.305 e. The average molecular weight is 345 g/mol. The fourth-order valence-corrected chi connectivity index (χ4v) is 2.67. The van der Waals surface area contributed by atoms with E-state index in [1.54, 1.807) is 24.3 Å². The van der Waals surface area contributed by atoms with E-state index in [2.05, 4.69) is 16.9 Å². The van der Waals surface area contributed by atoms with E-state index in [-0.39, 0.29) is 5.56 Å². The van der Waals surface area contributed by atoms with E-state index in [4.69, 9.17) is 23.2 Å². The highest BCUT2D eigenvalue weighted by Crippen LogP contribution is 2.21. The molecule has 3 rings (SSSR count). The molecule has 0 aliphatic rings. The van der Waals surface area contributed by atoms with Crippen molar-refractivity contribution in [3.63, 3.8) is 0 Å². The van der Waals surface area contributed by atoms with Crippen molar-refractivity contribution < 1.29 is 0 Å². The Labute approximate surface area is 143 Å². The lowest BCUT2D eigenvalue weighted by Gasteiger charge is -2.03. The summed E-state index contributed by atoms with van der Waals surface area (Å²) in [6, 6.07) is 13.0. The lowest BCUT2D eigenvalue weighted by atomic mass is 10.1. The van der Waals surface area contributed by atoms with Gasteiger partial charge in [0.15, 0.2) is 5.82 Å². The highest BCUT2D eigenvalue weighted by atomic mass is 35.5. The smallest absolute Gasteiger partial charge is 0.259 e. The Morgan fingerprint density at radius 2 is 1.96 bits per heavy atom. The molecule has 1 heterocycles. The summed E-state index contributed by atoms with van der Waals surface area (Å²) in [5, 5.41) is 1.37. The number of aromatic amines is 1. The minimum atomic E-state index is -0.241. The molecule has 0 bridgehead atoms. The van der Waals surface area contributed by atoms with E-state index in [0.29, 0.717) is 26.8 Å². The van der Waals surface area contributed by atoms with Gasteiger partial charge in [-0.2, -0.15) is 0 Å². The first-order valence-corrected chi connectivity index (χ1v) is 7.98. The fourth-order valence-electron chi connectivity index (χ4n) is 2.29. The summed E-state index contributed by atoms with van der Waals surface area (Å²) >= 11 is 12.3. The molecule has 2 aromatic carbocycles. The van der Waals surface area contributed by atoms with E-state index in [1.807, 2.05) is 24.3 Å². The van der Waals surface area contributed by atoms with Crippen LogP contribution < -0.4 is 5.56 Å². The highest BCUT2D eigenvalue weighted by Gasteiger charge is 2.07. The van der Waals surface area contributed by atoms with Gasteiger partial charge in [0.05, 0.1) is 15.9 Å². The third-order valence-electron chi connectivity index (χ3n) is 3.58. The van der Waals surface area contributed by atoms with E-state index < -0.39 is 0 Å². The topological polar surface area (TPSA) is 45.8 Å². The van der Waals surface area contributed by atoms with Crippen molar-refractivity contribution in [1.29, 1.82) is 0 Å². The Balaban J connectivity index is 2.04. The Bertz CT molecular complexity index is 943. The summed E-state index contributed by atoms with van der Waals surface area (Å²) in [5.74, 6) is 0.325. The standard InChI is InChI=1S/C18H14Cl2N2O/c1-2-11-3-5-12(6-4-11)9-15(20)17-21-16-10-13(19)7-8-14(16)18(23)22-17/h3-10H,2H2,1H3,(H,21,22,23). The van der Waals surface area contributed by atoms with Crippen molar-refractivity contribution in [1.82, 2.24) is 9.97 Å². The second kappa shape index (κ2) is 6.57. The summed E-state index contributed by atoms with van der Waals surface area (Å²) in [6.45, 7) is 2.10. The van der Waals surface area contributed by atoms with Crippen LogP contribution in [0.15, 0.2) is 47.3 Å². The van der Waals surface area contributed by atoms with Crippen LogP contribution in [0.2, 0.25) is 5.02 Å². The van der Waals surface area contributed by atoms with Gasteiger partial charge in [-0.3, -0.25) is 4.79 Å². The maximum absolute atomic E-state index is 12.1. The zero-order valence-corrected chi connectivity index (χ0v) is 13.9. The lowest BCUT2D eigenvalue weighted by Crippen LogP contribution is -2.10. The number of H-pyrrole nitrogens is 1. The third-order valence-corrected chi connectivity index (χ3v) is 4.10. The molecule has 0 spiro atoms. The minimum absolute atomic E-state index is 0.241. The first kappa shape index (κ1) is 15.8. The molecule has 1 N–H and O–H groups in total. The normalized spacial score (nSPS) is 11.9. The fraction of sp³-hybridized carbons (Fsp3) is 0.111. The Morgan fingerprint density at radius 1 is 1.22 bits per heavy atom. The molecule has 1 aromatic heterocycles. The number of aryl methyl sites for hydroxylation is 1. The molecule has 0 saturated heterocycles. The first-order chi connectivity index (χ1) is 11.1. The summed E-state index contributed by atoms with van der Waals surface area (Å²) < 4.78 is 0. The zero-order chi connectivity index (χ0) is 16.4. The molecular weight excluding hydrogens is 331 g/mol.